The van der Waals surface area contributed by atoms with Crippen LogP contribution in [0.4, 0.5) is 10.1 Å². The number of halogens is 2. The van der Waals surface area contributed by atoms with Crippen LogP contribution >= 0.6 is 11.6 Å². The SMILES string of the molecule is NC1CCN(c2ccc(Cl)cc2F)C1=O. The van der Waals surface area contributed by atoms with E-state index < -0.39 is 11.9 Å². The van der Waals surface area contributed by atoms with Crippen LogP contribution in [0.25, 0.3) is 0 Å². The van der Waals surface area contributed by atoms with Gasteiger partial charge in [0.1, 0.15) is 5.82 Å². The molecule has 1 fully saturated rings. The van der Waals surface area contributed by atoms with Crippen molar-refractivity contribution in [3.8, 4) is 0 Å². The minimum atomic E-state index is -0.514. The predicted octanol–water partition coefficient (Wildman–Crippen LogP) is 1.54. The van der Waals surface area contributed by atoms with Gasteiger partial charge < -0.3 is 10.6 Å². The summed E-state index contributed by atoms with van der Waals surface area (Å²) in [4.78, 5) is 12.9. The summed E-state index contributed by atoms with van der Waals surface area (Å²) >= 11 is 5.62. The van der Waals surface area contributed by atoms with E-state index in [1.54, 1.807) is 6.07 Å². The molecule has 1 unspecified atom stereocenters. The highest BCUT2D eigenvalue weighted by Gasteiger charge is 2.30. The highest BCUT2D eigenvalue weighted by Crippen LogP contribution is 2.26. The van der Waals surface area contributed by atoms with E-state index in [-0.39, 0.29) is 11.6 Å². The third-order valence-electron chi connectivity index (χ3n) is 2.45. The first-order valence-corrected chi connectivity index (χ1v) is 4.99. The van der Waals surface area contributed by atoms with E-state index in [2.05, 4.69) is 0 Å². The number of benzene rings is 1. The van der Waals surface area contributed by atoms with Gasteiger partial charge in [0.15, 0.2) is 0 Å². The Morgan fingerprint density at radius 2 is 2.27 bits per heavy atom. The third kappa shape index (κ3) is 1.82. The van der Waals surface area contributed by atoms with Crippen LogP contribution in [0.3, 0.4) is 0 Å². The van der Waals surface area contributed by atoms with Gasteiger partial charge >= 0.3 is 0 Å². The normalized spacial score (nSPS) is 21.1. The van der Waals surface area contributed by atoms with Gasteiger partial charge in [0, 0.05) is 11.6 Å². The largest absolute Gasteiger partial charge is 0.320 e. The van der Waals surface area contributed by atoms with Crippen molar-refractivity contribution in [1.29, 1.82) is 0 Å². The fourth-order valence-corrected chi connectivity index (χ4v) is 1.80. The molecule has 15 heavy (non-hydrogen) atoms. The summed E-state index contributed by atoms with van der Waals surface area (Å²) in [6, 6.07) is 3.72. The Labute approximate surface area is 91.6 Å². The standard InChI is InChI=1S/C10H10ClFN2O/c11-6-1-2-9(7(12)5-6)14-4-3-8(13)10(14)15/h1-2,5,8H,3-4,13H2. The molecule has 1 aromatic rings. The first kappa shape index (κ1) is 10.4. The van der Waals surface area contributed by atoms with E-state index in [0.29, 0.717) is 18.0 Å². The van der Waals surface area contributed by atoms with Crippen molar-refractivity contribution in [2.75, 3.05) is 11.4 Å². The highest BCUT2D eigenvalue weighted by molar-refractivity contribution is 6.30. The molecule has 0 radical (unpaired) electrons. The number of nitrogens with two attached hydrogens (primary N) is 1. The van der Waals surface area contributed by atoms with Gasteiger partial charge in [-0.1, -0.05) is 11.6 Å². The lowest BCUT2D eigenvalue weighted by atomic mass is 10.2. The Bertz CT molecular complexity index is 410. The molecule has 5 heteroatoms. The molecule has 0 saturated carbocycles. The molecule has 1 aliphatic rings. The summed E-state index contributed by atoms with van der Waals surface area (Å²) in [5, 5.41) is 0.312. The molecule has 2 N–H and O–H groups in total. The summed E-state index contributed by atoms with van der Waals surface area (Å²) in [6.45, 7) is 0.457. The van der Waals surface area contributed by atoms with Gasteiger partial charge in [-0.05, 0) is 24.6 Å². The van der Waals surface area contributed by atoms with Gasteiger partial charge in [0.25, 0.3) is 0 Å². The number of amides is 1. The topological polar surface area (TPSA) is 46.3 Å². The molecule has 2 rings (SSSR count). The Kier molecular flexibility index (Phi) is 2.63. The average molecular weight is 229 g/mol. The quantitative estimate of drug-likeness (QED) is 0.793. The van der Waals surface area contributed by atoms with Crippen molar-refractivity contribution in [3.05, 3.63) is 29.0 Å². The molecule has 1 saturated heterocycles. The molecule has 80 valence electrons. The van der Waals surface area contributed by atoms with E-state index in [4.69, 9.17) is 17.3 Å². The van der Waals surface area contributed by atoms with Crippen LogP contribution in [0.15, 0.2) is 18.2 Å². The summed E-state index contributed by atoms with van der Waals surface area (Å²) in [5.41, 5.74) is 5.79. The van der Waals surface area contributed by atoms with Crippen molar-refractivity contribution >= 4 is 23.2 Å². The van der Waals surface area contributed by atoms with Crippen LogP contribution in [0.2, 0.25) is 5.02 Å². The Morgan fingerprint density at radius 1 is 1.53 bits per heavy atom. The predicted molar refractivity (Wildman–Crippen MR) is 56.4 cm³/mol. The second kappa shape index (κ2) is 3.79. The molecule has 0 bridgehead atoms. The molecular formula is C10H10ClFN2O. The Hall–Kier alpha value is -1.13. The average Bonchev–Trinajstić information content (AvgIpc) is 2.49. The molecule has 1 aromatic carbocycles. The van der Waals surface area contributed by atoms with Crippen LogP contribution in [0, 0.1) is 5.82 Å². The highest BCUT2D eigenvalue weighted by atomic mass is 35.5. The number of carbonyl (C=O) groups is 1. The van der Waals surface area contributed by atoms with Gasteiger partial charge in [-0.15, -0.1) is 0 Å². The maximum Gasteiger partial charge on any atom is 0.244 e. The summed E-state index contributed by atoms with van der Waals surface area (Å²) in [5.74, 6) is -0.735. The molecule has 0 spiro atoms. The molecule has 1 atom stereocenters. The number of nitrogens with zero attached hydrogens (tertiary/aromatic N) is 1. The Balaban J connectivity index is 2.34. The zero-order valence-corrected chi connectivity index (χ0v) is 8.67. The second-order valence-corrected chi connectivity index (χ2v) is 3.92. The minimum absolute atomic E-state index is 0.240. The first-order valence-electron chi connectivity index (χ1n) is 4.61. The fraction of sp³-hybridized carbons (Fsp3) is 0.300. The third-order valence-corrected chi connectivity index (χ3v) is 2.68. The lowest BCUT2D eigenvalue weighted by Gasteiger charge is -2.16. The summed E-state index contributed by atoms with van der Waals surface area (Å²) in [7, 11) is 0. The monoisotopic (exact) mass is 228 g/mol. The van der Waals surface area contributed by atoms with Crippen molar-refractivity contribution in [2.45, 2.75) is 12.5 Å². The second-order valence-electron chi connectivity index (χ2n) is 3.48. The van der Waals surface area contributed by atoms with Crippen molar-refractivity contribution < 1.29 is 9.18 Å². The summed E-state index contributed by atoms with van der Waals surface area (Å²) < 4.78 is 13.5. The first-order chi connectivity index (χ1) is 7.09. The number of hydrogen-bond donors (Lipinski definition) is 1. The molecule has 1 aliphatic heterocycles. The lowest BCUT2D eigenvalue weighted by Crippen LogP contribution is -2.34. The van der Waals surface area contributed by atoms with E-state index in [0.717, 1.165) is 0 Å². The maximum absolute atomic E-state index is 13.5. The van der Waals surface area contributed by atoms with Crippen LogP contribution in [-0.4, -0.2) is 18.5 Å². The van der Waals surface area contributed by atoms with Crippen LogP contribution in [-0.2, 0) is 4.79 Å². The van der Waals surface area contributed by atoms with E-state index in [9.17, 15) is 9.18 Å². The molecule has 0 aliphatic carbocycles. The molecule has 0 aromatic heterocycles. The zero-order chi connectivity index (χ0) is 11.0. The van der Waals surface area contributed by atoms with Gasteiger partial charge in [0.05, 0.1) is 11.7 Å². The van der Waals surface area contributed by atoms with E-state index >= 15 is 0 Å². The summed E-state index contributed by atoms with van der Waals surface area (Å²) in [6.07, 6.45) is 0.556. The number of carbonyl (C=O) groups excluding carboxylic acids is 1. The van der Waals surface area contributed by atoms with Crippen LogP contribution < -0.4 is 10.6 Å². The Morgan fingerprint density at radius 3 is 2.80 bits per heavy atom. The van der Waals surface area contributed by atoms with Crippen LogP contribution in [0.5, 0.6) is 0 Å². The molecule has 1 heterocycles. The lowest BCUT2D eigenvalue weighted by molar-refractivity contribution is -0.118. The minimum Gasteiger partial charge on any atom is -0.320 e. The van der Waals surface area contributed by atoms with Crippen molar-refractivity contribution in [1.82, 2.24) is 0 Å². The van der Waals surface area contributed by atoms with Gasteiger partial charge in [-0.25, -0.2) is 4.39 Å². The zero-order valence-electron chi connectivity index (χ0n) is 7.91. The van der Waals surface area contributed by atoms with Crippen molar-refractivity contribution in [3.63, 3.8) is 0 Å². The molecular weight excluding hydrogens is 219 g/mol. The van der Waals surface area contributed by atoms with E-state index in [1.807, 2.05) is 0 Å². The number of hydrogen-bond acceptors (Lipinski definition) is 2. The van der Waals surface area contributed by atoms with Gasteiger partial charge in [-0.2, -0.15) is 0 Å². The van der Waals surface area contributed by atoms with E-state index in [1.165, 1.54) is 17.0 Å². The molecule has 1 amide bonds. The smallest absolute Gasteiger partial charge is 0.244 e. The van der Waals surface area contributed by atoms with Crippen molar-refractivity contribution in [2.24, 2.45) is 5.73 Å². The molecule has 3 nitrogen and oxygen atoms in total. The maximum atomic E-state index is 13.5. The number of rotatable bonds is 1. The fourth-order valence-electron chi connectivity index (χ4n) is 1.64. The van der Waals surface area contributed by atoms with Gasteiger partial charge in [-0.3, -0.25) is 4.79 Å². The number of anilines is 1. The van der Waals surface area contributed by atoms with Crippen LogP contribution in [0.1, 0.15) is 6.42 Å². The van der Waals surface area contributed by atoms with Gasteiger partial charge in [0.2, 0.25) is 5.91 Å².